The van der Waals surface area contributed by atoms with Gasteiger partial charge in [-0.15, -0.1) is 0 Å². The monoisotopic (exact) mass is 276 g/mol. The van der Waals surface area contributed by atoms with Crippen molar-refractivity contribution in [2.75, 3.05) is 0 Å². The van der Waals surface area contributed by atoms with Crippen LogP contribution in [0.15, 0.2) is 24.3 Å². The maximum Gasteiger partial charge on any atom is 0.150 e. The average molecular weight is 276 g/mol. The van der Waals surface area contributed by atoms with Crippen LogP contribution < -0.4 is 5.73 Å². The Hall–Kier alpha value is -1.75. The summed E-state index contributed by atoms with van der Waals surface area (Å²) in [6.45, 7) is 6.10. The largest absolute Gasteiger partial charge is 0.322 e. The molecule has 0 bridgehead atoms. The van der Waals surface area contributed by atoms with Gasteiger partial charge in [0.05, 0.1) is 12.1 Å². The zero-order valence-electron chi connectivity index (χ0n) is 12.2. The summed E-state index contributed by atoms with van der Waals surface area (Å²) < 4.78 is 14.9. The summed E-state index contributed by atoms with van der Waals surface area (Å²) in [6.07, 6.45) is 1.62. The highest BCUT2D eigenvalue weighted by atomic mass is 19.1. The van der Waals surface area contributed by atoms with Crippen molar-refractivity contribution in [2.24, 2.45) is 5.73 Å². The quantitative estimate of drug-likeness (QED) is 0.913. The second kappa shape index (κ2) is 6.13. The Balaban J connectivity index is 2.27. The summed E-state index contributed by atoms with van der Waals surface area (Å²) in [5.74, 6) is 1.52. The van der Waals surface area contributed by atoms with Crippen LogP contribution in [0.3, 0.4) is 0 Å². The van der Waals surface area contributed by atoms with Crippen molar-refractivity contribution in [3.05, 3.63) is 47.3 Å². The highest BCUT2D eigenvalue weighted by Crippen LogP contribution is 2.24. The molecule has 0 fully saturated rings. The van der Waals surface area contributed by atoms with E-state index in [9.17, 15) is 4.39 Å². The summed E-state index contributed by atoms with van der Waals surface area (Å²) in [7, 11) is 0. The maximum atomic E-state index is 13.0. The molecule has 0 aliphatic carbocycles. The van der Waals surface area contributed by atoms with Gasteiger partial charge >= 0.3 is 0 Å². The van der Waals surface area contributed by atoms with Gasteiger partial charge in [-0.05, 0) is 24.6 Å². The van der Waals surface area contributed by atoms with Gasteiger partial charge in [0.1, 0.15) is 11.6 Å². The lowest BCUT2D eigenvalue weighted by molar-refractivity contribution is 0.399. The molecular weight excluding hydrogens is 255 g/mol. The van der Waals surface area contributed by atoms with Gasteiger partial charge in [0.15, 0.2) is 5.82 Å². The number of rotatable bonds is 5. The highest BCUT2D eigenvalue weighted by molar-refractivity contribution is 5.20. The molecule has 1 aromatic carbocycles. The van der Waals surface area contributed by atoms with Gasteiger partial charge in [-0.3, -0.25) is 0 Å². The summed E-state index contributed by atoms with van der Waals surface area (Å²) in [5.41, 5.74) is 7.18. The van der Waals surface area contributed by atoms with E-state index in [-0.39, 0.29) is 17.9 Å². The fraction of sp³-hybridized carbons (Fsp3) is 0.467. The van der Waals surface area contributed by atoms with Crippen molar-refractivity contribution in [3.8, 4) is 0 Å². The zero-order valence-corrected chi connectivity index (χ0v) is 12.2. The fourth-order valence-corrected chi connectivity index (χ4v) is 2.24. The van der Waals surface area contributed by atoms with E-state index in [0.29, 0.717) is 0 Å². The van der Waals surface area contributed by atoms with Crippen LogP contribution in [-0.2, 0) is 12.8 Å². The van der Waals surface area contributed by atoms with Gasteiger partial charge in [-0.1, -0.05) is 26.0 Å². The molecule has 108 valence electrons. The van der Waals surface area contributed by atoms with Gasteiger partial charge in [-0.25, -0.2) is 14.1 Å². The number of hydrogen-bond acceptors (Lipinski definition) is 3. The van der Waals surface area contributed by atoms with Crippen molar-refractivity contribution in [1.82, 2.24) is 14.8 Å². The van der Waals surface area contributed by atoms with E-state index in [1.165, 1.54) is 12.1 Å². The van der Waals surface area contributed by atoms with Gasteiger partial charge in [-0.2, -0.15) is 5.10 Å². The van der Waals surface area contributed by atoms with E-state index in [1.807, 2.05) is 18.5 Å². The molecule has 2 N–H and O–H groups in total. The van der Waals surface area contributed by atoms with Crippen LogP contribution in [0.2, 0.25) is 0 Å². The summed E-state index contributed by atoms with van der Waals surface area (Å²) in [5, 5.41) is 4.52. The first-order chi connectivity index (χ1) is 9.56. The van der Waals surface area contributed by atoms with Gasteiger partial charge in [0, 0.05) is 12.8 Å². The lowest BCUT2D eigenvalue weighted by atomic mass is 10.0. The number of aromatic nitrogens is 3. The third-order valence-electron chi connectivity index (χ3n) is 3.54. The molecule has 2 atom stereocenters. The molecule has 4 nitrogen and oxygen atoms in total. The first kappa shape index (κ1) is 14.7. The lowest BCUT2D eigenvalue weighted by Gasteiger charge is -2.22. The molecule has 2 rings (SSSR count). The number of benzene rings is 1. The number of nitrogens with zero attached hydrogens (tertiary/aromatic N) is 3. The lowest BCUT2D eigenvalue weighted by Crippen LogP contribution is -2.24. The molecular formula is C15H21FN4. The topological polar surface area (TPSA) is 56.7 Å². The van der Waals surface area contributed by atoms with E-state index < -0.39 is 0 Å². The Kier molecular flexibility index (Phi) is 4.49. The number of halogens is 1. The molecule has 0 amide bonds. The van der Waals surface area contributed by atoms with Crippen LogP contribution >= 0.6 is 0 Å². The van der Waals surface area contributed by atoms with Crippen LogP contribution in [0, 0.1) is 5.82 Å². The van der Waals surface area contributed by atoms with Crippen molar-refractivity contribution in [1.29, 1.82) is 0 Å². The van der Waals surface area contributed by atoms with Crippen molar-refractivity contribution < 1.29 is 4.39 Å². The molecule has 2 unspecified atom stereocenters. The smallest absolute Gasteiger partial charge is 0.150 e. The fourth-order valence-electron chi connectivity index (χ4n) is 2.24. The van der Waals surface area contributed by atoms with Crippen molar-refractivity contribution in [3.63, 3.8) is 0 Å². The van der Waals surface area contributed by atoms with Crippen LogP contribution in [0.5, 0.6) is 0 Å². The Bertz CT molecular complexity index is 562. The highest BCUT2D eigenvalue weighted by Gasteiger charge is 2.21. The SMILES string of the molecule is CCc1nc(CC)n(C(C)C(N)c2ccc(F)cc2)n1. The van der Waals surface area contributed by atoms with Crippen molar-refractivity contribution in [2.45, 2.75) is 45.7 Å². The molecule has 0 aliphatic heterocycles. The normalized spacial score (nSPS) is 14.2. The third-order valence-corrected chi connectivity index (χ3v) is 3.54. The van der Waals surface area contributed by atoms with Crippen LogP contribution in [0.4, 0.5) is 4.39 Å². The second-order valence-electron chi connectivity index (χ2n) is 4.91. The number of aryl methyl sites for hydroxylation is 2. The minimum atomic E-state index is -0.253. The van der Waals surface area contributed by atoms with Gasteiger partial charge < -0.3 is 5.73 Å². The van der Waals surface area contributed by atoms with E-state index in [2.05, 4.69) is 17.0 Å². The number of nitrogens with two attached hydrogens (primary N) is 1. The number of hydrogen-bond donors (Lipinski definition) is 1. The zero-order chi connectivity index (χ0) is 14.7. The van der Waals surface area contributed by atoms with Crippen LogP contribution in [0.1, 0.15) is 50.1 Å². The van der Waals surface area contributed by atoms with Crippen LogP contribution in [0.25, 0.3) is 0 Å². The second-order valence-corrected chi connectivity index (χ2v) is 4.91. The van der Waals surface area contributed by atoms with E-state index in [4.69, 9.17) is 5.73 Å². The Morgan fingerprint density at radius 3 is 2.40 bits per heavy atom. The molecule has 0 spiro atoms. The summed E-state index contributed by atoms with van der Waals surface area (Å²) >= 11 is 0. The van der Waals surface area contributed by atoms with E-state index in [0.717, 1.165) is 30.1 Å². The predicted octanol–water partition coefficient (Wildman–Crippen LogP) is 2.80. The molecule has 1 aromatic heterocycles. The average Bonchev–Trinajstić information content (AvgIpc) is 2.90. The molecule has 0 saturated carbocycles. The predicted molar refractivity (Wildman–Crippen MR) is 76.8 cm³/mol. The molecule has 0 radical (unpaired) electrons. The first-order valence-electron chi connectivity index (χ1n) is 7.02. The third kappa shape index (κ3) is 2.88. The first-order valence-corrected chi connectivity index (χ1v) is 7.02. The minimum absolute atomic E-state index is 0.0248. The molecule has 0 aliphatic rings. The maximum absolute atomic E-state index is 13.0. The molecule has 5 heteroatoms. The standard InChI is InChI=1S/C15H21FN4/c1-4-13-18-14(5-2)20(19-13)10(3)15(17)11-6-8-12(16)9-7-11/h6-10,15H,4-5,17H2,1-3H3. The Morgan fingerprint density at radius 2 is 1.85 bits per heavy atom. The van der Waals surface area contributed by atoms with Crippen LogP contribution in [-0.4, -0.2) is 14.8 Å². The van der Waals surface area contributed by atoms with Crippen molar-refractivity contribution >= 4 is 0 Å². The van der Waals surface area contributed by atoms with Gasteiger partial charge in [0.25, 0.3) is 0 Å². The summed E-state index contributed by atoms with van der Waals surface area (Å²) in [4.78, 5) is 4.49. The summed E-state index contributed by atoms with van der Waals surface area (Å²) in [6, 6.07) is 6.04. The molecule has 2 aromatic rings. The van der Waals surface area contributed by atoms with Gasteiger partial charge in [0.2, 0.25) is 0 Å². The van der Waals surface area contributed by atoms with E-state index >= 15 is 0 Å². The minimum Gasteiger partial charge on any atom is -0.322 e. The molecule has 0 saturated heterocycles. The van der Waals surface area contributed by atoms with E-state index in [1.54, 1.807) is 12.1 Å². The molecule has 20 heavy (non-hydrogen) atoms. The molecule has 1 heterocycles. The Morgan fingerprint density at radius 1 is 1.20 bits per heavy atom. The Labute approximate surface area is 118 Å².